The first-order chi connectivity index (χ1) is 16.9. The highest BCUT2D eigenvalue weighted by molar-refractivity contribution is 6.31. The summed E-state index contributed by atoms with van der Waals surface area (Å²) in [5.41, 5.74) is 2.92. The third-order valence-electron chi connectivity index (χ3n) is 7.52. The molecule has 8 heteroatoms. The smallest absolute Gasteiger partial charge is 0.309 e. The van der Waals surface area contributed by atoms with Crippen LogP contribution in [-0.4, -0.2) is 39.2 Å². The minimum Gasteiger partial charge on any atom is -0.481 e. The molecule has 1 aliphatic carbocycles. The molecule has 1 saturated carbocycles. The summed E-state index contributed by atoms with van der Waals surface area (Å²) < 4.78 is 19.2. The molecule has 3 aromatic rings. The number of carboxylic acid groups (broad SMARTS) is 1. The lowest BCUT2D eigenvalue weighted by Crippen LogP contribution is -2.49. The highest BCUT2D eigenvalue weighted by Crippen LogP contribution is 2.45. The van der Waals surface area contributed by atoms with Gasteiger partial charge in [0.2, 0.25) is 11.7 Å². The van der Waals surface area contributed by atoms with Crippen LogP contribution in [-0.2, 0) is 23.2 Å². The van der Waals surface area contributed by atoms with Crippen LogP contribution in [0.2, 0.25) is 5.02 Å². The number of aromatic nitrogens is 2. The van der Waals surface area contributed by atoms with E-state index in [2.05, 4.69) is 15.0 Å². The lowest BCUT2D eigenvalue weighted by Gasteiger charge is -2.38. The average Bonchev–Trinajstić information content (AvgIpc) is 3.30. The van der Waals surface area contributed by atoms with Gasteiger partial charge in [-0.15, -0.1) is 0 Å². The van der Waals surface area contributed by atoms with E-state index in [0.717, 1.165) is 55.3 Å². The molecule has 2 fully saturated rings. The molecule has 0 unspecified atom stereocenters. The van der Waals surface area contributed by atoms with Crippen LogP contribution in [0.15, 0.2) is 47.0 Å². The number of benzene rings is 2. The van der Waals surface area contributed by atoms with E-state index in [1.165, 1.54) is 18.6 Å². The van der Waals surface area contributed by atoms with Crippen molar-refractivity contribution in [2.45, 2.75) is 56.9 Å². The molecule has 184 valence electrons. The molecule has 0 amide bonds. The second-order valence-corrected chi connectivity index (χ2v) is 10.3. The summed E-state index contributed by atoms with van der Waals surface area (Å²) in [6, 6.07) is 12.7. The van der Waals surface area contributed by atoms with Gasteiger partial charge in [0, 0.05) is 36.6 Å². The van der Waals surface area contributed by atoms with Crippen LogP contribution < -0.4 is 0 Å². The van der Waals surface area contributed by atoms with E-state index in [1.807, 2.05) is 30.3 Å². The second-order valence-electron chi connectivity index (χ2n) is 9.90. The summed E-state index contributed by atoms with van der Waals surface area (Å²) >= 11 is 6.48. The highest BCUT2D eigenvalue weighted by atomic mass is 35.5. The molecule has 1 N–H and O–H groups in total. The van der Waals surface area contributed by atoms with Crippen LogP contribution in [0.1, 0.15) is 55.5 Å². The predicted octanol–water partition coefficient (Wildman–Crippen LogP) is 5.88. The molecule has 6 nitrogen and oxygen atoms in total. The van der Waals surface area contributed by atoms with Crippen LogP contribution in [0, 0.1) is 11.7 Å². The zero-order chi connectivity index (χ0) is 24.4. The molecule has 0 radical (unpaired) electrons. The number of hydrogen-bond acceptors (Lipinski definition) is 5. The van der Waals surface area contributed by atoms with Gasteiger partial charge in [0.1, 0.15) is 5.82 Å². The van der Waals surface area contributed by atoms with Gasteiger partial charge in [0.15, 0.2) is 0 Å². The average molecular weight is 498 g/mol. The number of hydrogen-bond donors (Lipinski definition) is 1. The van der Waals surface area contributed by atoms with Crippen LogP contribution in [0.3, 0.4) is 0 Å². The van der Waals surface area contributed by atoms with Gasteiger partial charge in [-0.05, 0) is 47.9 Å². The zero-order valence-electron chi connectivity index (χ0n) is 19.6. The van der Waals surface area contributed by atoms with Gasteiger partial charge in [-0.1, -0.05) is 66.4 Å². The fourth-order valence-electron chi connectivity index (χ4n) is 5.49. The monoisotopic (exact) mass is 497 g/mol. The van der Waals surface area contributed by atoms with Crippen molar-refractivity contribution in [3.8, 4) is 11.4 Å². The van der Waals surface area contributed by atoms with Gasteiger partial charge >= 0.3 is 5.97 Å². The maximum absolute atomic E-state index is 13.7. The molecule has 1 aromatic heterocycles. The molecule has 1 aliphatic heterocycles. The molecule has 2 aliphatic rings. The Hall–Kier alpha value is -2.77. The van der Waals surface area contributed by atoms with Gasteiger partial charge in [-0.2, -0.15) is 4.98 Å². The largest absolute Gasteiger partial charge is 0.481 e. The highest BCUT2D eigenvalue weighted by Gasteiger charge is 2.36. The summed E-state index contributed by atoms with van der Waals surface area (Å²) in [5.74, 6) is -0.142. The molecule has 5 rings (SSSR count). The first-order valence-electron chi connectivity index (χ1n) is 12.2. The molecule has 0 atom stereocenters. The maximum Gasteiger partial charge on any atom is 0.309 e. The third-order valence-corrected chi connectivity index (χ3v) is 7.84. The number of halogens is 2. The normalized spacial score (nSPS) is 18.3. The van der Waals surface area contributed by atoms with Crippen LogP contribution >= 0.6 is 11.6 Å². The number of carbonyl (C=O) groups is 1. The molecule has 0 spiro atoms. The van der Waals surface area contributed by atoms with E-state index in [1.54, 1.807) is 0 Å². The van der Waals surface area contributed by atoms with Crippen molar-refractivity contribution in [1.29, 1.82) is 0 Å². The molecule has 2 aromatic carbocycles. The van der Waals surface area contributed by atoms with Gasteiger partial charge in [0.25, 0.3) is 0 Å². The summed E-state index contributed by atoms with van der Waals surface area (Å²) in [4.78, 5) is 17.7. The third kappa shape index (κ3) is 5.26. The molecule has 2 heterocycles. The minimum atomic E-state index is -0.723. The number of nitrogens with zero attached hydrogens (tertiary/aromatic N) is 3. The van der Waals surface area contributed by atoms with Gasteiger partial charge < -0.3 is 9.63 Å². The van der Waals surface area contributed by atoms with Crippen LogP contribution in [0.25, 0.3) is 11.4 Å². The Morgan fingerprint density at radius 3 is 2.57 bits per heavy atom. The fourth-order valence-corrected chi connectivity index (χ4v) is 5.86. The van der Waals surface area contributed by atoms with Crippen molar-refractivity contribution in [2.24, 2.45) is 5.92 Å². The maximum atomic E-state index is 13.7. The van der Waals surface area contributed by atoms with E-state index in [-0.39, 0.29) is 17.2 Å². The summed E-state index contributed by atoms with van der Waals surface area (Å²) in [6.45, 7) is 1.92. The standard InChI is InChI=1S/C27H29ClFN3O3/c28-23-14-21(29)8-9-22(23)27(11-2-1-3-12-27)13-10-24-30-25(31-35-24)19-6-4-18(5-7-19)15-32-16-20(17-32)26(33)34/h4-9,14,20H,1-3,10-13,15-17H2,(H,33,34). The molecule has 1 saturated heterocycles. The topological polar surface area (TPSA) is 79.5 Å². The van der Waals surface area contributed by atoms with Crippen LogP contribution in [0.5, 0.6) is 0 Å². The van der Waals surface area contributed by atoms with Crippen molar-refractivity contribution < 1.29 is 18.8 Å². The Morgan fingerprint density at radius 2 is 1.89 bits per heavy atom. The van der Waals surface area contributed by atoms with E-state index < -0.39 is 5.97 Å². The number of aryl methyl sites for hydroxylation is 1. The van der Waals surface area contributed by atoms with Crippen molar-refractivity contribution >= 4 is 17.6 Å². The second kappa shape index (κ2) is 10.1. The Labute approximate surface area is 209 Å². The van der Waals surface area contributed by atoms with E-state index in [4.69, 9.17) is 21.2 Å². The van der Waals surface area contributed by atoms with E-state index in [0.29, 0.717) is 36.2 Å². The first kappa shape index (κ1) is 23.9. The summed E-state index contributed by atoms with van der Waals surface area (Å²) in [6.07, 6.45) is 6.97. The van der Waals surface area contributed by atoms with E-state index >= 15 is 0 Å². The summed E-state index contributed by atoms with van der Waals surface area (Å²) in [7, 11) is 0. The lowest BCUT2D eigenvalue weighted by atomic mass is 9.67. The Kier molecular flexibility index (Phi) is 6.89. The summed E-state index contributed by atoms with van der Waals surface area (Å²) in [5, 5.41) is 13.7. The number of carboxylic acids is 1. The predicted molar refractivity (Wildman–Crippen MR) is 131 cm³/mol. The van der Waals surface area contributed by atoms with Gasteiger partial charge in [-0.3, -0.25) is 9.69 Å². The molecular formula is C27H29ClFN3O3. The number of rotatable bonds is 8. The zero-order valence-corrected chi connectivity index (χ0v) is 20.3. The van der Waals surface area contributed by atoms with Crippen molar-refractivity contribution in [3.63, 3.8) is 0 Å². The molecule has 0 bridgehead atoms. The fraction of sp³-hybridized carbons (Fsp3) is 0.444. The number of likely N-dealkylation sites (tertiary alicyclic amines) is 1. The van der Waals surface area contributed by atoms with Gasteiger partial charge in [0.05, 0.1) is 5.92 Å². The number of aliphatic carboxylic acids is 1. The minimum absolute atomic E-state index is 0.101. The Balaban J connectivity index is 1.23. The Morgan fingerprint density at radius 1 is 1.14 bits per heavy atom. The quantitative estimate of drug-likeness (QED) is 0.418. The molecule has 35 heavy (non-hydrogen) atoms. The van der Waals surface area contributed by atoms with Crippen molar-refractivity contribution in [1.82, 2.24) is 15.0 Å². The van der Waals surface area contributed by atoms with Crippen molar-refractivity contribution in [2.75, 3.05) is 13.1 Å². The first-order valence-corrected chi connectivity index (χ1v) is 12.6. The Bertz CT molecular complexity index is 1180. The van der Waals surface area contributed by atoms with Crippen molar-refractivity contribution in [3.05, 3.63) is 70.3 Å². The molecular weight excluding hydrogens is 469 g/mol. The van der Waals surface area contributed by atoms with Crippen LogP contribution in [0.4, 0.5) is 4.39 Å². The SMILES string of the molecule is O=C(O)C1CN(Cc2ccc(-c3noc(CCC4(c5ccc(F)cc5Cl)CCCCC4)n3)cc2)C1. The van der Waals surface area contributed by atoms with Gasteiger partial charge in [-0.25, -0.2) is 4.39 Å². The lowest BCUT2D eigenvalue weighted by molar-refractivity contribution is -0.147. The van der Waals surface area contributed by atoms with E-state index in [9.17, 15) is 9.18 Å².